The second-order valence-electron chi connectivity index (χ2n) is 6.37. The van der Waals surface area contributed by atoms with Gasteiger partial charge in [-0.3, -0.25) is 0 Å². The Hall–Kier alpha value is -2.30. The SMILES string of the molecule is CC=C=C(C)c1ccccc1C1CCC1=Cc1ccc(C)cc1. The summed E-state index contributed by atoms with van der Waals surface area (Å²) in [6.07, 6.45) is 6.83. The highest BCUT2D eigenvalue weighted by molar-refractivity contribution is 5.69. The maximum atomic E-state index is 3.35. The molecule has 1 unspecified atom stereocenters. The molecule has 0 bridgehead atoms. The third kappa shape index (κ3) is 3.38. The van der Waals surface area contributed by atoms with Crippen molar-refractivity contribution in [3.05, 3.63) is 88.2 Å². The maximum absolute atomic E-state index is 3.35. The van der Waals surface area contributed by atoms with Crippen LogP contribution in [-0.2, 0) is 0 Å². The van der Waals surface area contributed by atoms with E-state index < -0.39 is 0 Å². The molecule has 0 amide bonds. The standard InChI is InChI=1S/C23H24/c1-4-7-18(3)21-8-5-6-9-23(21)22-15-14-20(22)16-19-12-10-17(2)11-13-19/h4-6,8-13,16,22H,14-15H2,1-3H3. The first-order chi connectivity index (χ1) is 11.2. The Bertz CT molecular complexity index is 781. The van der Waals surface area contributed by atoms with Crippen LogP contribution in [0.1, 0.15) is 54.9 Å². The van der Waals surface area contributed by atoms with Crippen LogP contribution in [0.3, 0.4) is 0 Å². The Labute approximate surface area is 139 Å². The molecule has 1 aliphatic rings. The molecule has 1 fully saturated rings. The van der Waals surface area contributed by atoms with Crippen LogP contribution in [0.2, 0.25) is 0 Å². The van der Waals surface area contributed by atoms with Crippen molar-refractivity contribution in [1.82, 2.24) is 0 Å². The van der Waals surface area contributed by atoms with Gasteiger partial charge >= 0.3 is 0 Å². The zero-order valence-corrected chi connectivity index (χ0v) is 14.3. The summed E-state index contributed by atoms with van der Waals surface area (Å²) >= 11 is 0. The highest BCUT2D eigenvalue weighted by Crippen LogP contribution is 2.45. The van der Waals surface area contributed by atoms with E-state index in [0.29, 0.717) is 5.92 Å². The van der Waals surface area contributed by atoms with Gasteiger partial charge in [-0.25, -0.2) is 0 Å². The van der Waals surface area contributed by atoms with Gasteiger partial charge in [-0.05, 0) is 62.0 Å². The molecule has 1 atom stereocenters. The second kappa shape index (κ2) is 6.86. The molecule has 1 saturated carbocycles. The summed E-state index contributed by atoms with van der Waals surface area (Å²) < 4.78 is 0. The molecule has 0 radical (unpaired) electrons. The summed E-state index contributed by atoms with van der Waals surface area (Å²) in [5.41, 5.74) is 11.5. The first-order valence-electron chi connectivity index (χ1n) is 8.43. The van der Waals surface area contributed by atoms with Crippen LogP contribution in [0.25, 0.3) is 11.6 Å². The number of allylic oxidation sites excluding steroid dienone is 2. The van der Waals surface area contributed by atoms with Crippen molar-refractivity contribution in [2.75, 3.05) is 0 Å². The predicted molar refractivity (Wildman–Crippen MR) is 100 cm³/mol. The monoisotopic (exact) mass is 300 g/mol. The molecule has 0 spiro atoms. The van der Waals surface area contributed by atoms with Crippen LogP contribution >= 0.6 is 0 Å². The summed E-state index contributed by atoms with van der Waals surface area (Å²) in [5.74, 6) is 0.557. The largest absolute Gasteiger partial charge is 0.122 e. The average molecular weight is 300 g/mol. The molecule has 0 N–H and O–H groups in total. The van der Waals surface area contributed by atoms with Gasteiger partial charge in [0, 0.05) is 5.92 Å². The van der Waals surface area contributed by atoms with Crippen molar-refractivity contribution >= 4 is 11.6 Å². The van der Waals surface area contributed by atoms with Crippen molar-refractivity contribution in [2.24, 2.45) is 0 Å². The predicted octanol–water partition coefficient (Wildman–Crippen LogP) is 6.53. The van der Waals surface area contributed by atoms with Crippen LogP contribution in [-0.4, -0.2) is 0 Å². The quantitative estimate of drug-likeness (QED) is 0.565. The van der Waals surface area contributed by atoms with Crippen molar-refractivity contribution in [1.29, 1.82) is 0 Å². The summed E-state index contributed by atoms with van der Waals surface area (Å²) in [5, 5.41) is 0. The number of aryl methyl sites for hydroxylation is 1. The van der Waals surface area contributed by atoms with E-state index in [1.807, 2.05) is 13.0 Å². The minimum absolute atomic E-state index is 0.557. The lowest BCUT2D eigenvalue weighted by atomic mass is 9.72. The van der Waals surface area contributed by atoms with Crippen molar-refractivity contribution in [3.63, 3.8) is 0 Å². The van der Waals surface area contributed by atoms with Crippen molar-refractivity contribution in [3.8, 4) is 0 Å². The zero-order chi connectivity index (χ0) is 16.2. The fraction of sp³-hybridized carbons (Fsp3) is 0.261. The molecule has 3 rings (SSSR count). The van der Waals surface area contributed by atoms with Gasteiger partial charge in [0.05, 0.1) is 0 Å². The highest BCUT2D eigenvalue weighted by atomic mass is 14.3. The van der Waals surface area contributed by atoms with Gasteiger partial charge < -0.3 is 0 Å². The van der Waals surface area contributed by atoms with Crippen molar-refractivity contribution < 1.29 is 0 Å². The molecule has 2 aromatic rings. The molecule has 116 valence electrons. The fourth-order valence-corrected chi connectivity index (χ4v) is 3.30. The van der Waals surface area contributed by atoms with Gasteiger partial charge in [-0.15, -0.1) is 5.73 Å². The molecular formula is C23H24. The zero-order valence-electron chi connectivity index (χ0n) is 14.3. The average Bonchev–Trinajstić information content (AvgIpc) is 2.54. The highest BCUT2D eigenvalue weighted by Gasteiger charge is 2.27. The van der Waals surface area contributed by atoms with Gasteiger partial charge in [0.2, 0.25) is 0 Å². The minimum Gasteiger partial charge on any atom is -0.122 e. The van der Waals surface area contributed by atoms with E-state index in [1.165, 1.54) is 40.7 Å². The number of rotatable bonds is 3. The number of benzene rings is 2. The Morgan fingerprint density at radius 1 is 1.09 bits per heavy atom. The van der Waals surface area contributed by atoms with E-state index in [-0.39, 0.29) is 0 Å². The van der Waals surface area contributed by atoms with Crippen molar-refractivity contribution in [2.45, 2.75) is 39.5 Å². The van der Waals surface area contributed by atoms with E-state index in [9.17, 15) is 0 Å². The van der Waals surface area contributed by atoms with Gasteiger partial charge in [0.15, 0.2) is 0 Å². The van der Waals surface area contributed by atoms with E-state index in [0.717, 1.165) is 0 Å². The smallest absolute Gasteiger partial charge is 0.00608 e. The number of hydrogen-bond donors (Lipinski definition) is 0. The Kier molecular flexibility index (Phi) is 4.65. The fourth-order valence-electron chi connectivity index (χ4n) is 3.30. The van der Waals surface area contributed by atoms with Crippen LogP contribution in [0.15, 0.2) is 65.9 Å². The Balaban J connectivity index is 1.94. The lowest BCUT2D eigenvalue weighted by Gasteiger charge is -2.32. The Morgan fingerprint density at radius 3 is 2.48 bits per heavy atom. The molecule has 2 aromatic carbocycles. The van der Waals surface area contributed by atoms with Gasteiger partial charge in [0.25, 0.3) is 0 Å². The van der Waals surface area contributed by atoms with Crippen LogP contribution in [0.4, 0.5) is 0 Å². The molecule has 0 heteroatoms. The summed E-state index contributed by atoms with van der Waals surface area (Å²) in [4.78, 5) is 0. The third-order valence-electron chi connectivity index (χ3n) is 4.70. The second-order valence-corrected chi connectivity index (χ2v) is 6.37. The molecule has 0 heterocycles. The molecule has 1 aliphatic carbocycles. The van der Waals surface area contributed by atoms with Crippen LogP contribution in [0.5, 0.6) is 0 Å². The third-order valence-corrected chi connectivity index (χ3v) is 4.70. The first kappa shape index (κ1) is 15.6. The lowest BCUT2D eigenvalue weighted by molar-refractivity contribution is 0.569. The van der Waals surface area contributed by atoms with E-state index in [2.05, 4.69) is 74.2 Å². The molecule has 0 saturated heterocycles. The van der Waals surface area contributed by atoms with Gasteiger partial charge in [0.1, 0.15) is 0 Å². The molecule has 23 heavy (non-hydrogen) atoms. The molecular weight excluding hydrogens is 276 g/mol. The molecule has 0 nitrogen and oxygen atoms in total. The topological polar surface area (TPSA) is 0 Å². The van der Waals surface area contributed by atoms with Crippen LogP contribution < -0.4 is 0 Å². The molecule has 0 aliphatic heterocycles. The summed E-state index contributed by atoms with van der Waals surface area (Å²) in [7, 11) is 0. The summed E-state index contributed by atoms with van der Waals surface area (Å²) in [6.45, 7) is 6.31. The summed E-state index contributed by atoms with van der Waals surface area (Å²) in [6, 6.07) is 17.6. The van der Waals surface area contributed by atoms with E-state index >= 15 is 0 Å². The first-order valence-corrected chi connectivity index (χ1v) is 8.43. The van der Waals surface area contributed by atoms with Gasteiger partial charge in [-0.1, -0.05) is 65.7 Å². The van der Waals surface area contributed by atoms with Gasteiger partial charge in [-0.2, -0.15) is 0 Å². The number of hydrogen-bond acceptors (Lipinski definition) is 0. The lowest BCUT2D eigenvalue weighted by Crippen LogP contribution is -2.15. The normalized spacial score (nSPS) is 18.2. The Morgan fingerprint density at radius 2 is 1.83 bits per heavy atom. The minimum atomic E-state index is 0.557. The van der Waals surface area contributed by atoms with Crippen LogP contribution in [0, 0.1) is 6.92 Å². The van der Waals surface area contributed by atoms with E-state index in [4.69, 9.17) is 0 Å². The van der Waals surface area contributed by atoms with E-state index in [1.54, 1.807) is 5.57 Å². The molecule has 0 aromatic heterocycles. The maximum Gasteiger partial charge on any atom is 0.00608 e.